The van der Waals surface area contributed by atoms with E-state index in [0.717, 1.165) is 40.1 Å². The Bertz CT molecular complexity index is 1230. The van der Waals surface area contributed by atoms with Crippen molar-refractivity contribution in [2.45, 2.75) is 56.8 Å². The predicted molar refractivity (Wildman–Crippen MR) is 133 cm³/mol. The molecule has 2 atom stereocenters. The van der Waals surface area contributed by atoms with E-state index >= 15 is 0 Å². The number of aryl methyl sites for hydroxylation is 2. The zero-order valence-corrected chi connectivity index (χ0v) is 21.9. The SMILES string of the molecule is Cc1cc([C@H](Nc2nsnc2Nc2csc(S(=O)(=O)N3CCCC3CO)c2O)C(C)C)oc1C. The molecule has 4 heterocycles. The second-order valence-electron chi connectivity index (χ2n) is 8.72. The van der Waals surface area contributed by atoms with Gasteiger partial charge in [0.2, 0.25) is 0 Å². The Balaban J connectivity index is 1.56. The van der Waals surface area contributed by atoms with Crippen molar-refractivity contribution >= 4 is 50.4 Å². The van der Waals surface area contributed by atoms with Gasteiger partial charge in [-0.2, -0.15) is 13.1 Å². The van der Waals surface area contributed by atoms with Crippen molar-refractivity contribution in [2.75, 3.05) is 23.8 Å². The Labute approximate surface area is 207 Å². The number of hydrogen-bond acceptors (Lipinski definition) is 11. The standard InChI is InChI=1S/C21H29N5O5S3/c1-11(2)17(16-8-12(3)13(4)31-16)23-20-19(24-33-25-20)22-15-10-32-21(18(15)28)34(29,30)26-7-5-6-14(26)9-27/h8,10-11,14,17,27-28H,5-7,9H2,1-4H3,(H,22,24)(H,23,25)/t14?,17-/m1/s1. The number of anilines is 3. The molecule has 1 saturated heterocycles. The van der Waals surface area contributed by atoms with Crippen LogP contribution in [0.3, 0.4) is 0 Å². The van der Waals surface area contributed by atoms with Gasteiger partial charge in [-0.25, -0.2) is 8.42 Å². The first kappa shape index (κ1) is 24.9. The first-order valence-corrected chi connectivity index (χ1v) is 14.0. The number of aliphatic hydroxyl groups excluding tert-OH is 1. The number of aromatic nitrogens is 2. The number of furan rings is 1. The molecule has 0 aliphatic carbocycles. The van der Waals surface area contributed by atoms with E-state index in [-0.39, 0.29) is 34.2 Å². The van der Waals surface area contributed by atoms with E-state index in [1.807, 2.05) is 19.9 Å². The fraction of sp³-hybridized carbons (Fsp3) is 0.524. The molecule has 1 unspecified atom stereocenters. The van der Waals surface area contributed by atoms with Crippen LogP contribution in [0.25, 0.3) is 0 Å². The van der Waals surface area contributed by atoms with E-state index in [2.05, 4.69) is 33.2 Å². The third-order valence-corrected chi connectivity index (χ3v) is 9.97. The van der Waals surface area contributed by atoms with Gasteiger partial charge in [-0.05, 0) is 44.2 Å². The maximum absolute atomic E-state index is 13.1. The maximum atomic E-state index is 13.1. The number of sulfonamides is 1. The average Bonchev–Trinajstić information content (AvgIpc) is 3.56. The maximum Gasteiger partial charge on any atom is 0.256 e. The first-order valence-electron chi connectivity index (χ1n) is 11.0. The number of hydrogen-bond donors (Lipinski definition) is 4. The molecule has 0 aromatic carbocycles. The fourth-order valence-electron chi connectivity index (χ4n) is 3.98. The first-order chi connectivity index (χ1) is 16.1. The lowest BCUT2D eigenvalue weighted by Gasteiger charge is -2.21. The number of nitrogens with zero attached hydrogens (tertiary/aromatic N) is 3. The Hall–Kier alpha value is -2.19. The summed E-state index contributed by atoms with van der Waals surface area (Å²) in [5.74, 6) is 2.32. The zero-order valence-electron chi connectivity index (χ0n) is 19.4. The number of thiophene rings is 1. The highest BCUT2D eigenvalue weighted by molar-refractivity contribution is 7.91. The van der Waals surface area contributed by atoms with E-state index in [4.69, 9.17) is 4.42 Å². The van der Waals surface area contributed by atoms with E-state index in [9.17, 15) is 18.6 Å². The molecule has 10 nitrogen and oxygen atoms in total. The summed E-state index contributed by atoms with van der Waals surface area (Å²) in [5.41, 5.74) is 1.29. The average molecular weight is 528 g/mol. The minimum atomic E-state index is -3.93. The molecular weight excluding hydrogens is 498 g/mol. The van der Waals surface area contributed by atoms with Gasteiger partial charge < -0.3 is 25.3 Å². The molecule has 1 aliphatic rings. The molecule has 3 aromatic rings. The highest BCUT2D eigenvalue weighted by Gasteiger charge is 2.38. The van der Waals surface area contributed by atoms with Crippen LogP contribution in [0.15, 0.2) is 20.1 Å². The lowest BCUT2D eigenvalue weighted by Crippen LogP contribution is -2.37. The molecule has 0 spiro atoms. The van der Waals surface area contributed by atoms with Gasteiger partial charge in [0.25, 0.3) is 10.0 Å². The summed E-state index contributed by atoms with van der Waals surface area (Å²) < 4.78 is 41.9. The topological polar surface area (TPSA) is 141 Å². The van der Waals surface area contributed by atoms with Crippen LogP contribution in [0.5, 0.6) is 5.75 Å². The zero-order chi connectivity index (χ0) is 24.6. The van der Waals surface area contributed by atoms with Crippen LogP contribution in [0.4, 0.5) is 17.3 Å². The summed E-state index contributed by atoms with van der Waals surface area (Å²) in [6.07, 6.45) is 1.27. The molecule has 1 fully saturated rings. The quantitative estimate of drug-likeness (QED) is 0.322. The van der Waals surface area contributed by atoms with Crippen molar-refractivity contribution in [3.05, 3.63) is 28.5 Å². The molecule has 13 heteroatoms. The highest BCUT2D eigenvalue weighted by Crippen LogP contribution is 2.43. The minimum Gasteiger partial charge on any atom is -0.504 e. The Morgan fingerprint density at radius 2 is 2.03 bits per heavy atom. The van der Waals surface area contributed by atoms with Crippen LogP contribution in [-0.2, 0) is 10.0 Å². The van der Waals surface area contributed by atoms with E-state index < -0.39 is 16.1 Å². The van der Waals surface area contributed by atoms with Gasteiger partial charge in [0.15, 0.2) is 21.6 Å². The number of aromatic hydroxyl groups is 1. The van der Waals surface area contributed by atoms with Crippen LogP contribution >= 0.6 is 23.1 Å². The lowest BCUT2D eigenvalue weighted by molar-refractivity contribution is 0.213. The summed E-state index contributed by atoms with van der Waals surface area (Å²) in [6, 6.07) is 1.37. The summed E-state index contributed by atoms with van der Waals surface area (Å²) in [5, 5.41) is 28.2. The van der Waals surface area contributed by atoms with Gasteiger partial charge in [0.1, 0.15) is 11.5 Å². The Morgan fingerprint density at radius 3 is 2.68 bits per heavy atom. The van der Waals surface area contributed by atoms with Crippen LogP contribution in [0.1, 0.15) is 49.8 Å². The van der Waals surface area contributed by atoms with Crippen molar-refractivity contribution in [1.82, 2.24) is 13.1 Å². The number of rotatable bonds is 9. The van der Waals surface area contributed by atoms with Gasteiger partial charge in [0.05, 0.1) is 30.1 Å². The van der Waals surface area contributed by atoms with Crippen molar-refractivity contribution in [2.24, 2.45) is 5.92 Å². The highest BCUT2D eigenvalue weighted by atomic mass is 32.2. The molecule has 1 aliphatic heterocycles. The largest absolute Gasteiger partial charge is 0.504 e. The van der Waals surface area contributed by atoms with E-state index in [1.54, 1.807) is 0 Å². The summed E-state index contributed by atoms with van der Waals surface area (Å²) in [7, 11) is -3.93. The van der Waals surface area contributed by atoms with Crippen LogP contribution < -0.4 is 10.6 Å². The van der Waals surface area contributed by atoms with Gasteiger partial charge in [-0.15, -0.1) is 11.3 Å². The molecule has 0 radical (unpaired) electrons. The van der Waals surface area contributed by atoms with Gasteiger partial charge in [0, 0.05) is 18.0 Å². The minimum absolute atomic E-state index is 0.158. The number of aliphatic hydroxyl groups is 1. The summed E-state index contributed by atoms with van der Waals surface area (Å²) in [6.45, 7) is 8.12. The molecule has 4 N–H and O–H groups in total. The second-order valence-corrected chi connectivity index (χ2v) is 12.2. The molecule has 0 saturated carbocycles. The smallest absolute Gasteiger partial charge is 0.256 e. The van der Waals surface area contributed by atoms with E-state index in [0.29, 0.717) is 31.0 Å². The van der Waals surface area contributed by atoms with Gasteiger partial charge >= 0.3 is 0 Å². The van der Waals surface area contributed by atoms with Crippen LogP contribution in [0.2, 0.25) is 0 Å². The molecule has 186 valence electrons. The lowest BCUT2D eigenvalue weighted by atomic mass is 10.0. The molecule has 3 aromatic heterocycles. The Kier molecular flexibility index (Phi) is 7.20. The van der Waals surface area contributed by atoms with Crippen molar-refractivity contribution in [3.63, 3.8) is 0 Å². The monoisotopic (exact) mass is 527 g/mol. The summed E-state index contributed by atoms with van der Waals surface area (Å²) in [4.78, 5) is 0. The normalized spacial score (nSPS) is 18.0. The van der Waals surface area contributed by atoms with Crippen LogP contribution in [0, 0.1) is 19.8 Å². The predicted octanol–water partition coefficient (Wildman–Crippen LogP) is 4.21. The van der Waals surface area contributed by atoms with Crippen LogP contribution in [-0.4, -0.2) is 50.9 Å². The molecule has 0 bridgehead atoms. The third-order valence-electron chi connectivity index (χ3n) is 6.00. The molecule has 34 heavy (non-hydrogen) atoms. The molecular formula is C21H29N5O5S3. The number of nitrogens with one attached hydrogen (secondary N) is 2. The van der Waals surface area contributed by atoms with Crippen molar-refractivity contribution in [1.29, 1.82) is 0 Å². The van der Waals surface area contributed by atoms with E-state index in [1.165, 1.54) is 9.69 Å². The van der Waals surface area contributed by atoms with Crippen molar-refractivity contribution in [3.8, 4) is 5.75 Å². The fourth-order valence-corrected chi connectivity index (χ4v) is 7.49. The van der Waals surface area contributed by atoms with Gasteiger partial charge in [-0.3, -0.25) is 0 Å². The third kappa shape index (κ3) is 4.67. The molecule has 0 amide bonds. The Morgan fingerprint density at radius 1 is 1.29 bits per heavy atom. The van der Waals surface area contributed by atoms with Gasteiger partial charge in [-0.1, -0.05) is 13.8 Å². The summed E-state index contributed by atoms with van der Waals surface area (Å²) >= 11 is 1.92. The second kappa shape index (κ2) is 9.82. The van der Waals surface area contributed by atoms with Crippen molar-refractivity contribution < 1.29 is 23.0 Å². The molecule has 4 rings (SSSR count).